The van der Waals surface area contributed by atoms with Crippen molar-refractivity contribution in [1.29, 1.82) is 0 Å². The molecule has 2 aromatic rings. The number of carbonyl (C=O) groups is 1. The van der Waals surface area contributed by atoms with E-state index < -0.39 is 0 Å². The Bertz CT molecular complexity index is 643. The Kier molecular flexibility index (Phi) is 5.06. The summed E-state index contributed by atoms with van der Waals surface area (Å²) >= 11 is 0. The number of hydrogen-bond acceptors (Lipinski definition) is 4. The third-order valence-electron chi connectivity index (χ3n) is 3.51. The van der Waals surface area contributed by atoms with Gasteiger partial charge in [0.1, 0.15) is 12.4 Å². The fraction of sp³-hybridized carbons (Fsp3) is 0.294. The zero-order chi connectivity index (χ0) is 15.9. The van der Waals surface area contributed by atoms with Gasteiger partial charge in [-0.15, -0.1) is 0 Å². The lowest BCUT2D eigenvalue weighted by molar-refractivity contribution is 0.0564. The Hall–Kier alpha value is -2.60. The highest BCUT2D eigenvalue weighted by Gasteiger charge is 2.16. The molecule has 0 unspecified atom stereocenters. The van der Waals surface area contributed by atoms with Crippen molar-refractivity contribution in [3.05, 3.63) is 54.4 Å². The van der Waals surface area contributed by atoms with E-state index in [1.807, 2.05) is 36.4 Å². The molecule has 1 aromatic carbocycles. The van der Waals surface area contributed by atoms with Crippen molar-refractivity contribution >= 4 is 11.7 Å². The molecule has 2 amide bonds. The first-order valence-corrected chi connectivity index (χ1v) is 7.57. The number of aromatic nitrogens is 1. The van der Waals surface area contributed by atoms with E-state index in [4.69, 9.17) is 9.47 Å². The van der Waals surface area contributed by atoms with E-state index in [1.54, 1.807) is 17.3 Å². The van der Waals surface area contributed by atoms with E-state index >= 15 is 0 Å². The molecule has 2 heterocycles. The van der Waals surface area contributed by atoms with Gasteiger partial charge >= 0.3 is 6.03 Å². The standard InChI is InChI=1S/C17H19N3O3/c21-17(20-7-9-22-10-8-20)19-15-4-1-5-16(11-15)23-13-14-3-2-6-18-12-14/h1-6,11-12H,7-10,13H2,(H,19,21). The van der Waals surface area contributed by atoms with E-state index in [9.17, 15) is 4.79 Å². The van der Waals surface area contributed by atoms with E-state index in [0.717, 1.165) is 5.56 Å². The van der Waals surface area contributed by atoms with Crippen LogP contribution in [0.4, 0.5) is 10.5 Å². The van der Waals surface area contributed by atoms with Gasteiger partial charge in [-0.1, -0.05) is 12.1 Å². The third-order valence-corrected chi connectivity index (χ3v) is 3.51. The summed E-state index contributed by atoms with van der Waals surface area (Å²) in [7, 11) is 0. The quantitative estimate of drug-likeness (QED) is 0.942. The number of urea groups is 1. The average Bonchev–Trinajstić information content (AvgIpc) is 2.62. The summed E-state index contributed by atoms with van der Waals surface area (Å²) in [4.78, 5) is 18.0. The van der Waals surface area contributed by atoms with Crippen LogP contribution in [0.1, 0.15) is 5.56 Å². The number of ether oxygens (including phenoxy) is 2. The van der Waals surface area contributed by atoms with Crippen molar-refractivity contribution in [3.63, 3.8) is 0 Å². The van der Waals surface area contributed by atoms with Crippen LogP contribution < -0.4 is 10.1 Å². The summed E-state index contributed by atoms with van der Waals surface area (Å²) in [5.74, 6) is 0.702. The highest BCUT2D eigenvalue weighted by molar-refractivity contribution is 5.89. The predicted octanol–water partition coefficient (Wildman–Crippen LogP) is 2.52. The van der Waals surface area contributed by atoms with E-state index in [0.29, 0.717) is 44.3 Å². The summed E-state index contributed by atoms with van der Waals surface area (Å²) in [6, 6.07) is 11.1. The van der Waals surface area contributed by atoms with Gasteiger partial charge in [0.2, 0.25) is 0 Å². The Morgan fingerprint density at radius 1 is 1.26 bits per heavy atom. The number of amides is 2. The van der Waals surface area contributed by atoms with E-state index in [1.165, 1.54) is 0 Å². The number of anilines is 1. The second-order valence-electron chi connectivity index (χ2n) is 5.21. The van der Waals surface area contributed by atoms with Gasteiger partial charge in [0.25, 0.3) is 0 Å². The molecule has 0 radical (unpaired) electrons. The Balaban J connectivity index is 1.57. The van der Waals surface area contributed by atoms with Crippen molar-refractivity contribution in [2.75, 3.05) is 31.6 Å². The first-order chi connectivity index (χ1) is 11.3. The molecule has 1 fully saturated rings. The molecule has 3 rings (SSSR count). The zero-order valence-electron chi connectivity index (χ0n) is 12.8. The van der Waals surface area contributed by atoms with Crippen LogP contribution in [0.2, 0.25) is 0 Å². The van der Waals surface area contributed by atoms with E-state index in [-0.39, 0.29) is 6.03 Å². The summed E-state index contributed by atoms with van der Waals surface area (Å²) in [5, 5.41) is 2.89. The van der Waals surface area contributed by atoms with Gasteiger partial charge in [0.15, 0.2) is 0 Å². The molecule has 0 spiro atoms. The van der Waals surface area contributed by atoms with Crippen LogP contribution in [0, 0.1) is 0 Å². The van der Waals surface area contributed by atoms with Crippen LogP contribution in [0.25, 0.3) is 0 Å². The number of nitrogens with one attached hydrogen (secondary N) is 1. The number of hydrogen-bond donors (Lipinski definition) is 1. The maximum absolute atomic E-state index is 12.2. The molecular weight excluding hydrogens is 294 g/mol. The van der Waals surface area contributed by atoms with Gasteiger partial charge in [-0.3, -0.25) is 4.98 Å². The van der Waals surface area contributed by atoms with Crippen LogP contribution in [-0.4, -0.2) is 42.2 Å². The Morgan fingerprint density at radius 3 is 2.91 bits per heavy atom. The number of carbonyl (C=O) groups excluding carboxylic acids is 1. The van der Waals surface area contributed by atoms with Crippen LogP contribution in [0.15, 0.2) is 48.8 Å². The molecule has 120 valence electrons. The first-order valence-electron chi connectivity index (χ1n) is 7.57. The minimum atomic E-state index is -0.113. The fourth-order valence-corrected chi connectivity index (χ4v) is 2.28. The third kappa shape index (κ3) is 4.43. The SMILES string of the molecule is O=C(Nc1cccc(OCc2cccnc2)c1)N1CCOCC1. The molecule has 6 nitrogen and oxygen atoms in total. The van der Waals surface area contributed by atoms with Crippen molar-refractivity contribution in [3.8, 4) is 5.75 Å². The van der Waals surface area contributed by atoms with Crippen LogP contribution in [-0.2, 0) is 11.3 Å². The van der Waals surface area contributed by atoms with Gasteiger partial charge in [0.05, 0.1) is 13.2 Å². The Labute approximate surface area is 135 Å². The predicted molar refractivity (Wildman–Crippen MR) is 86.4 cm³/mol. The van der Waals surface area contributed by atoms with Crippen molar-refractivity contribution in [1.82, 2.24) is 9.88 Å². The van der Waals surface area contributed by atoms with Gasteiger partial charge in [-0.2, -0.15) is 0 Å². The normalized spacial score (nSPS) is 14.3. The van der Waals surface area contributed by atoms with Crippen molar-refractivity contribution < 1.29 is 14.3 Å². The second kappa shape index (κ2) is 7.60. The highest BCUT2D eigenvalue weighted by Crippen LogP contribution is 2.19. The molecule has 1 saturated heterocycles. The van der Waals surface area contributed by atoms with Crippen molar-refractivity contribution in [2.45, 2.75) is 6.61 Å². The number of morpholine rings is 1. The van der Waals surface area contributed by atoms with Gasteiger partial charge < -0.3 is 19.7 Å². The van der Waals surface area contributed by atoms with Crippen LogP contribution in [0.3, 0.4) is 0 Å². The highest BCUT2D eigenvalue weighted by atomic mass is 16.5. The van der Waals surface area contributed by atoms with Gasteiger partial charge in [-0.05, 0) is 18.2 Å². The molecule has 6 heteroatoms. The molecular formula is C17H19N3O3. The van der Waals surface area contributed by atoms with Crippen LogP contribution in [0.5, 0.6) is 5.75 Å². The topological polar surface area (TPSA) is 63.7 Å². The first kappa shape index (κ1) is 15.3. The number of rotatable bonds is 4. The van der Waals surface area contributed by atoms with Crippen LogP contribution >= 0.6 is 0 Å². The molecule has 1 aliphatic heterocycles. The lowest BCUT2D eigenvalue weighted by atomic mass is 10.3. The molecule has 0 atom stereocenters. The molecule has 0 bridgehead atoms. The largest absolute Gasteiger partial charge is 0.489 e. The summed E-state index contributed by atoms with van der Waals surface area (Å²) < 4.78 is 11.0. The number of nitrogens with zero attached hydrogens (tertiary/aromatic N) is 2. The van der Waals surface area contributed by atoms with Crippen molar-refractivity contribution in [2.24, 2.45) is 0 Å². The average molecular weight is 313 g/mol. The molecule has 1 aliphatic rings. The summed E-state index contributed by atoms with van der Waals surface area (Å²) in [5.41, 5.74) is 1.71. The second-order valence-corrected chi connectivity index (χ2v) is 5.21. The number of benzene rings is 1. The molecule has 23 heavy (non-hydrogen) atoms. The molecule has 0 aliphatic carbocycles. The van der Waals surface area contributed by atoms with Gasteiger partial charge in [0, 0.05) is 42.8 Å². The maximum atomic E-state index is 12.2. The lowest BCUT2D eigenvalue weighted by Gasteiger charge is -2.27. The smallest absolute Gasteiger partial charge is 0.322 e. The molecule has 0 saturated carbocycles. The summed E-state index contributed by atoms with van der Waals surface area (Å²) in [6.45, 7) is 2.84. The minimum Gasteiger partial charge on any atom is -0.489 e. The minimum absolute atomic E-state index is 0.113. The number of pyridine rings is 1. The van der Waals surface area contributed by atoms with Gasteiger partial charge in [-0.25, -0.2) is 4.79 Å². The Morgan fingerprint density at radius 2 is 2.13 bits per heavy atom. The zero-order valence-corrected chi connectivity index (χ0v) is 12.8. The monoisotopic (exact) mass is 313 g/mol. The fourth-order valence-electron chi connectivity index (χ4n) is 2.28. The molecule has 1 aromatic heterocycles. The lowest BCUT2D eigenvalue weighted by Crippen LogP contribution is -2.43. The van der Waals surface area contributed by atoms with E-state index in [2.05, 4.69) is 10.3 Å². The maximum Gasteiger partial charge on any atom is 0.322 e. The summed E-state index contributed by atoms with van der Waals surface area (Å²) in [6.07, 6.45) is 3.50. The molecule has 1 N–H and O–H groups in total.